The van der Waals surface area contributed by atoms with E-state index in [0.717, 1.165) is 56.1 Å². The van der Waals surface area contributed by atoms with Gasteiger partial charge in [-0.15, -0.1) is 0 Å². The van der Waals surface area contributed by atoms with Crippen molar-refractivity contribution < 1.29 is 13.2 Å². The van der Waals surface area contributed by atoms with Crippen LogP contribution in [0.15, 0.2) is 54.6 Å². The van der Waals surface area contributed by atoms with Crippen LogP contribution in [0.5, 0.6) is 0 Å². The molecule has 0 bridgehead atoms. The first kappa shape index (κ1) is 22.6. The fraction of sp³-hybridized carbons (Fsp3) is 0.379. The Hall–Kier alpha value is -2.55. The highest BCUT2D eigenvalue weighted by Gasteiger charge is 2.28. The van der Waals surface area contributed by atoms with Crippen molar-refractivity contribution in [1.29, 1.82) is 0 Å². The Morgan fingerprint density at radius 2 is 1.28 bits per heavy atom. The Morgan fingerprint density at radius 1 is 0.688 bits per heavy atom. The fourth-order valence-corrected chi connectivity index (χ4v) is 5.08. The van der Waals surface area contributed by atoms with Crippen LogP contribution in [0.2, 0.25) is 0 Å². The highest BCUT2D eigenvalue weighted by molar-refractivity contribution is 5.65. The average molecular weight is 437 g/mol. The molecule has 1 saturated carbocycles. The first-order valence-electron chi connectivity index (χ1n) is 11.9. The lowest BCUT2D eigenvalue weighted by molar-refractivity contribution is 0.375. The molecule has 0 spiro atoms. The number of hydrogen-bond donors (Lipinski definition) is 0. The first-order chi connectivity index (χ1) is 15.5. The van der Waals surface area contributed by atoms with Crippen LogP contribution in [0.3, 0.4) is 0 Å². The second-order valence-corrected chi connectivity index (χ2v) is 9.04. The third-order valence-corrected chi connectivity index (χ3v) is 7.00. The molecule has 168 valence electrons. The topological polar surface area (TPSA) is 0 Å². The average Bonchev–Trinajstić information content (AvgIpc) is 2.82. The van der Waals surface area contributed by atoms with Crippen molar-refractivity contribution in [2.75, 3.05) is 0 Å². The third kappa shape index (κ3) is 4.62. The van der Waals surface area contributed by atoms with Gasteiger partial charge in [0.15, 0.2) is 11.6 Å². The molecular weight excluding hydrogens is 405 g/mol. The molecule has 0 aliphatic heterocycles. The minimum Gasteiger partial charge on any atom is -0.207 e. The van der Waals surface area contributed by atoms with Gasteiger partial charge in [0.1, 0.15) is 5.82 Å². The zero-order valence-corrected chi connectivity index (χ0v) is 18.9. The van der Waals surface area contributed by atoms with Crippen LogP contribution < -0.4 is 0 Å². The van der Waals surface area contributed by atoms with Crippen molar-refractivity contribution >= 4 is 0 Å². The van der Waals surface area contributed by atoms with E-state index < -0.39 is 11.6 Å². The second-order valence-electron chi connectivity index (χ2n) is 9.04. The summed E-state index contributed by atoms with van der Waals surface area (Å²) in [6.07, 6.45) is 5.84. The van der Waals surface area contributed by atoms with Crippen LogP contribution in [0.4, 0.5) is 13.2 Å². The minimum atomic E-state index is -0.772. The molecule has 1 aliphatic carbocycles. The van der Waals surface area contributed by atoms with Crippen molar-refractivity contribution in [3.8, 4) is 11.1 Å². The zero-order chi connectivity index (χ0) is 22.7. The SMILES string of the molecule is CCCc1ccc(C2CCC(c3ccc(-c4ccc(CC)cc4)c(F)c3F)CC2)c(F)c1. The Labute approximate surface area is 189 Å². The molecule has 1 fully saturated rings. The standard InChI is InChI=1S/C29H31F3/c1-3-5-20-8-15-24(27(30)18-20)21-11-13-23(14-12-21)26-17-16-25(28(31)29(26)32)22-9-6-19(4-2)7-10-22/h6-10,15-18,21,23H,3-5,11-14H2,1-2H3. The minimum absolute atomic E-state index is 0.0281. The summed E-state index contributed by atoms with van der Waals surface area (Å²) in [5.41, 5.74) is 4.41. The van der Waals surface area contributed by atoms with Crippen molar-refractivity contribution in [3.05, 3.63) is 94.3 Å². The van der Waals surface area contributed by atoms with Gasteiger partial charge in [-0.05, 0) is 84.2 Å². The molecule has 0 nitrogen and oxygen atoms in total. The Bertz CT molecular complexity index is 1060. The molecule has 3 aromatic rings. The number of hydrogen-bond acceptors (Lipinski definition) is 0. The first-order valence-corrected chi connectivity index (χ1v) is 11.9. The van der Waals surface area contributed by atoms with Crippen molar-refractivity contribution in [2.45, 2.75) is 70.6 Å². The van der Waals surface area contributed by atoms with Gasteiger partial charge >= 0.3 is 0 Å². The van der Waals surface area contributed by atoms with E-state index in [1.165, 1.54) is 5.56 Å². The van der Waals surface area contributed by atoms with Crippen LogP contribution in [0, 0.1) is 17.5 Å². The summed E-state index contributed by atoms with van der Waals surface area (Å²) in [6.45, 7) is 4.15. The van der Waals surface area contributed by atoms with Gasteiger partial charge in [0.25, 0.3) is 0 Å². The lowest BCUT2D eigenvalue weighted by Crippen LogP contribution is -2.15. The number of halogens is 3. The molecule has 0 unspecified atom stereocenters. The maximum absolute atomic E-state index is 15.0. The third-order valence-electron chi connectivity index (χ3n) is 7.00. The van der Waals surface area contributed by atoms with Crippen molar-refractivity contribution in [1.82, 2.24) is 0 Å². The fourth-order valence-electron chi connectivity index (χ4n) is 5.08. The molecule has 0 heterocycles. The lowest BCUT2D eigenvalue weighted by atomic mass is 9.75. The van der Waals surface area contributed by atoms with Crippen molar-refractivity contribution in [3.63, 3.8) is 0 Å². The van der Waals surface area contributed by atoms with E-state index in [9.17, 15) is 8.78 Å². The quantitative estimate of drug-likeness (QED) is 0.362. The van der Waals surface area contributed by atoms with E-state index in [1.54, 1.807) is 18.2 Å². The molecule has 0 radical (unpaired) electrons. The predicted molar refractivity (Wildman–Crippen MR) is 126 cm³/mol. The van der Waals surface area contributed by atoms with Crippen LogP contribution in [-0.2, 0) is 12.8 Å². The van der Waals surface area contributed by atoms with Gasteiger partial charge in [-0.3, -0.25) is 0 Å². The number of rotatable bonds is 6. The summed E-state index contributed by atoms with van der Waals surface area (Å²) in [4.78, 5) is 0. The molecule has 0 atom stereocenters. The smallest absolute Gasteiger partial charge is 0.166 e. The van der Waals surface area contributed by atoms with E-state index in [-0.39, 0.29) is 17.7 Å². The molecule has 0 amide bonds. The van der Waals surface area contributed by atoms with Gasteiger partial charge in [-0.1, -0.05) is 68.8 Å². The molecule has 0 N–H and O–H groups in total. The molecule has 32 heavy (non-hydrogen) atoms. The van der Waals surface area contributed by atoms with Crippen LogP contribution >= 0.6 is 0 Å². The Morgan fingerprint density at radius 3 is 1.88 bits per heavy atom. The van der Waals surface area contributed by atoms with Crippen LogP contribution in [0.25, 0.3) is 11.1 Å². The maximum Gasteiger partial charge on any atom is 0.166 e. The maximum atomic E-state index is 15.0. The van der Waals surface area contributed by atoms with E-state index >= 15 is 4.39 Å². The second kappa shape index (κ2) is 9.94. The summed E-state index contributed by atoms with van der Waals surface area (Å²) < 4.78 is 44.6. The normalized spacial score (nSPS) is 18.7. The van der Waals surface area contributed by atoms with Gasteiger partial charge < -0.3 is 0 Å². The molecular formula is C29H31F3. The molecule has 1 aliphatic rings. The Kier molecular flexibility index (Phi) is 7.03. The molecule has 0 saturated heterocycles. The zero-order valence-electron chi connectivity index (χ0n) is 18.9. The summed E-state index contributed by atoms with van der Waals surface area (Å²) in [6, 6.07) is 16.7. The van der Waals surface area contributed by atoms with Gasteiger partial charge in [0, 0.05) is 5.56 Å². The Balaban J connectivity index is 1.48. The molecule has 0 aromatic heterocycles. The predicted octanol–water partition coefficient (Wildman–Crippen LogP) is 8.73. The number of benzene rings is 3. The van der Waals surface area contributed by atoms with Gasteiger partial charge in [-0.25, -0.2) is 13.2 Å². The van der Waals surface area contributed by atoms with Crippen molar-refractivity contribution in [2.24, 2.45) is 0 Å². The molecule has 4 rings (SSSR count). The van der Waals surface area contributed by atoms with Gasteiger partial charge in [0.2, 0.25) is 0 Å². The highest BCUT2D eigenvalue weighted by Crippen LogP contribution is 2.43. The summed E-state index contributed by atoms with van der Waals surface area (Å²) >= 11 is 0. The number of aryl methyl sites for hydroxylation is 2. The monoisotopic (exact) mass is 436 g/mol. The van der Waals surface area contributed by atoms with E-state index in [0.29, 0.717) is 16.7 Å². The van der Waals surface area contributed by atoms with E-state index in [4.69, 9.17) is 0 Å². The summed E-state index contributed by atoms with van der Waals surface area (Å²) in [5.74, 6) is -1.52. The van der Waals surface area contributed by atoms with Crippen LogP contribution in [-0.4, -0.2) is 0 Å². The molecule has 3 aromatic carbocycles. The highest BCUT2D eigenvalue weighted by atomic mass is 19.2. The van der Waals surface area contributed by atoms with E-state index in [2.05, 4.69) is 13.8 Å². The van der Waals surface area contributed by atoms with E-state index in [1.807, 2.05) is 36.4 Å². The van der Waals surface area contributed by atoms with Gasteiger partial charge in [-0.2, -0.15) is 0 Å². The van der Waals surface area contributed by atoms with Gasteiger partial charge in [0.05, 0.1) is 0 Å². The van der Waals surface area contributed by atoms with Crippen LogP contribution in [0.1, 0.15) is 80.0 Å². The molecule has 3 heteroatoms. The lowest BCUT2D eigenvalue weighted by Gasteiger charge is -2.30. The summed E-state index contributed by atoms with van der Waals surface area (Å²) in [5, 5.41) is 0. The summed E-state index contributed by atoms with van der Waals surface area (Å²) in [7, 11) is 0. The largest absolute Gasteiger partial charge is 0.207 e.